The van der Waals surface area contributed by atoms with Gasteiger partial charge in [0.2, 0.25) is 11.8 Å². The monoisotopic (exact) mass is 155 g/mol. The van der Waals surface area contributed by atoms with Crippen molar-refractivity contribution in [1.29, 1.82) is 0 Å². The molecule has 0 spiro atoms. The van der Waals surface area contributed by atoms with Crippen LogP contribution < -0.4 is 4.74 Å². The Balaban J connectivity index is 2.93. The van der Waals surface area contributed by atoms with Crippen molar-refractivity contribution >= 4 is 0 Å². The third-order valence-corrected chi connectivity index (χ3v) is 1.30. The third kappa shape index (κ3) is 1.90. The molecule has 0 bridgehead atoms. The molecule has 0 unspecified atom stereocenters. The van der Waals surface area contributed by atoms with Crippen molar-refractivity contribution in [2.45, 2.75) is 13.8 Å². The Bertz CT molecular complexity index is 250. The van der Waals surface area contributed by atoms with E-state index in [0.29, 0.717) is 12.5 Å². The second kappa shape index (κ2) is 3.32. The Hall–Kier alpha value is -1.12. The van der Waals surface area contributed by atoms with E-state index in [2.05, 4.69) is 4.98 Å². The second-order valence-electron chi connectivity index (χ2n) is 2.19. The van der Waals surface area contributed by atoms with Crippen LogP contribution in [0, 0.1) is 12.9 Å². The summed E-state index contributed by atoms with van der Waals surface area (Å²) < 4.78 is 17.5. The summed E-state index contributed by atoms with van der Waals surface area (Å²) in [6.45, 7) is 4.18. The second-order valence-corrected chi connectivity index (χ2v) is 2.19. The minimum atomic E-state index is -0.501. The highest BCUT2D eigenvalue weighted by Crippen LogP contribution is 2.13. The molecule has 1 aromatic heterocycles. The number of rotatable bonds is 2. The predicted octanol–water partition coefficient (Wildman–Crippen LogP) is 1.93. The Morgan fingerprint density at radius 3 is 2.91 bits per heavy atom. The summed E-state index contributed by atoms with van der Waals surface area (Å²) in [6.07, 6.45) is 0. The smallest absolute Gasteiger partial charge is 0.218 e. The maximum Gasteiger partial charge on any atom is 0.218 e. The number of aromatic nitrogens is 1. The van der Waals surface area contributed by atoms with Gasteiger partial charge in [0, 0.05) is 5.56 Å². The van der Waals surface area contributed by atoms with Gasteiger partial charge in [0.1, 0.15) is 0 Å². The maximum atomic E-state index is 12.5. The van der Waals surface area contributed by atoms with Gasteiger partial charge in [-0.05, 0) is 26.0 Å². The van der Waals surface area contributed by atoms with Crippen LogP contribution in [0.25, 0.3) is 0 Å². The quantitative estimate of drug-likeness (QED) is 0.609. The lowest BCUT2D eigenvalue weighted by Crippen LogP contribution is -1.97. The Kier molecular flexibility index (Phi) is 2.41. The van der Waals surface area contributed by atoms with E-state index in [9.17, 15) is 4.39 Å². The molecule has 0 atom stereocenters. The predicted molar refractivity (Wildman–Crippen MR) is 40.1 cm³/mol. The number of ether oxygens (including phenoxy) is 1. The molecule has 0 aliphatic carbocycles. The zero-order valence-corrected chi connectivity index (χ0v) is 6.60. The summed E-state index contributed by atoms with van der Waals surface area (Å²) >= 11 is 0. The first-order valence-electron chi connectivity index (χ1n) is 3.50. The lowest BCUT2D eigenvalue weighted by Gasteiger charge is -2.03. The van der Waals surface area contributed by atoms with Gasteiger partial charge in [-0.2, -0.15) is 9.37 Å². The molecule has 3 heteroatoms. The van der Waals surface area contributed by atoms with Gasteiger partial charge in [-0.1, -0.05) is 0 Å². The first-order valence-corrected chi connectivity index (χ1v) is 3.50. The van der Waals surface area contributed by atoms with E-state index < -0.39 is 5.95 Å². The van der Waals surface area contributed by atoms with Gasteiger partial charge >= 0.3 is 0 Å². The molecule has 0 fully saturated rings. The summed E-state index contributed by atoms with van der Waals surface area (Å²) in [4.78, 5) is 3.57. The molecule has 0 saturated heterocycles. The standard InChI is InChI=1S/C8H10FNO/c1-3-11-8-6(2)4-5-7(9)10-8/h4-5H,3H2,1-2H3. The fourth-order valence-electron chi connectivity index (χ4n) is 0.770. The highest BCUT2D eigenvalue weighted by atomic mass is 19.1. The fourth-order valence-corrected chi connectivity index (χ4v) is 0.770. The number of aryl methyl sites for hydroxylation is 1. The highest BCUT2D eigenvalue weighted by molar-refractivity contribution is 5.23. The molecule has 2 nitrogen and oxygen atoms in total. The molecular formula is C8H10FNO. The summed E-state index contributed by atoms with van der Waals surface area (Å²) in [6, 6.07) is 2.96. The molecule has 1 aromatic rings. The normalized spacial score (nSPS) is 9.73. The van der Waals surface area contributed by atoms with Crippen LogP contribution in [0.1, 0.15) is 12.5 Å². The van der Waals surface area contributed by atoms with Crippen LogP contribution in [0.2, 0.25) is 0 Å². The summed E-state index contributed by atoms with van der Waals surface area (Å²) in [5.74, 6) is -0.119. The number of hydrogen-bond acceptors (Lipinski definition) is 2. The van der Waals surface area contributed by atoms with E-state index in [1.54, 1.807) is 6.07 Å². The van der Waals surface area contributed by atoms with Crippen molar-refractivity contribution in [1.82, 2.24) is 4.98 Å². The van der Waals surface area contributed by atoms with Gasteiger partial charge < -0.3 is 4.74 Å². The van der Waals surface area contributed by atoms with Crippen LogP contribution >= 0.6 is 0 Å². The zero-order valence-electron chi connectivity index (χ0n) is 6.60. The molecule has 0 saturated carbocycles. The summed E-state index contributed by atoms with van der Waals surface area (Å²) in [5.41, 5.74) is 0.855. The molecule has 11 heavy (non-hydrogen) atoms. The molecule has 0 N–H and O–H groups in total. The maximum absolute atomic E-state index is 12.5. The van der Waals surface area contributed by atoms with Crippen molar-refractivity contribution in [2.75, 3.05) is 6.61 Å². The molecule has 0 radical (unpaired) electrons. The van der Waals surface area contributed by atoms with Gasteiger partial charge in [0.05, 0.1) is 6.61 Å². The Morgan fingerprint density at radius 1 is 1.55 bits per heavy atom. The van der Waals surface area contributed by atoms with Gasteiger partial charge in [0.15, 0.2) is 0 Å². The van der Waals surface area contributed by atoms with Crippen LogP contribution in [-0.4, -0.2) is 11.6 Å². The number of pyridine rings is 1. The molecular weight excluding hydrogens is 145 g/mol. The first kappa shape index (κ1) is 7.98. The van der Waals surface area contributed by atoms with Crippen LogP contribution in [0.15, 0.2) is 12.1 Å². The number of nitrogens with zero attached hydrogens (tertiary/aromatic N) is 1. The first-order chi connectivity index (χ1) is 5.24. The lowest BCUT2D eigenvalue weighted by molar-refractivity contribution is 0.318. The van der Waals surface area contributed by atoms with E-state index in [0.717, 1.165) is 5.56 Å². The van der Waals surface area contributed by atoms with E-state index in [-0.39, 0.29) is 0 Å². The van der Waals surface area contributed by atoms with E-state index in [1.807, 2.05) is 13.8 Å². The average molecular weight is 155 g/mol. The van der Waals surface area contributed by atoms with Gasteiger partial charge in [-0.3, -0.25) is 0 Å². The van der Waals surface area contributed by atoms with E-state index in [4.69, 9.17) is 4.74 Å². The van der Waals surface area contributed by atoms with Crippen LogP contribution in [0.5, 0.6) is 5.88 Å². The van der Waals surface area contributed by atoms with Crippen molar-refractivity contribution in [2.24, 2.45) is 0 Å². The van der Waals surface area contributed by atoms with Crippen LogP contribution in [-0.2, 0) is 0 Å². The SMILES string of the molecule is CCOc1nc(F)ccc1C. The number of hydrogen-bond donors (Lipinski definition) is 0. The molecule has 60 valence electrons. The van der Waals surface area contributed by atoms with Crippen LogP contribution in [0.4, 0.5) is 4.39 Å². The van der Waals surface area contributed by atoms with E-state index in [1.165, 1.54) is 6.07 Å². The molecule has 0 aliphatic heterocycles. The van der Waals surface area contributed by atoms with Gasteiger partial charge in [0.25, 0.3) is 0 Å². The summed E-state index contributed by atoms with van der Waals surface area (Å²) in [7, 11) is 0. The summed E-state index contributed by atoms with van der Waals surface area (Å²) in [5, 5.41) is 0. The lowest BCUT2D eigenvalue weighted by atomic mass is 10.3. The Morgan fingerprint density at radius 2 is 2.27 bits per heavy atom. The molecule has 1 heterocycles. The third-order valence-electron chi connectivity index (χ3n) is 1.30. The fraction of sp³-hybridized carbons (Fsp3) is 0.375. The topological polar surface area (TPSA) is 22.1 Å². The van der Waals surface area contributed by atoms with Crippen molar-refractivity contribution in [3.63, 3.8) is 0 Å². The van der Waals surface area contributed by atoms with Crippen molar-refractivity contribution < 1.29 is 9.13 Å². The number of halogens is 1. The highest BCUT2D eigenvalue weighted by Gasteiger charge is 2.00. The van der Waals surface area contributed by atoms with Crippen LogP contribution in [0.3, 0.4) is 0 Å². The van der Waals surface area contributed by atoms with Crippen molar-refractivity contribution in [3.05, 3.63) is 23.6 Å². The minimum Gasteiger partial charge on any atom is -0.478 e. The van der Waals surface area contributed by atoms with Gasteiger partial charge in [-0.15, -0.1) is 0 Å². The molecule has 0 aliphatic rings. The van der Waals surface area contributed by atoms with Gasteiger partial charge in [-0.25, -0.2) is 0 Å². The largest absolute Gasteiger partial charge is 0.478 e. The van der Waals surface area contributed by atoms with E-state index >= 15 is 0 Å². The minimum absolute atomic E-state index is 0.382. The zero-order chi connectivity index (χ0) is 8.27. The van der Waals surface area contributed by atoms with Crippen molar-refractivity contribution in [3.8, 4) is 5.88 Å². The molecule has 1 rings (SSSR count). The molecule has 0 amide bonds. The average Bonchev–Trinajstić information content (AvgIpc) is 1.98. The Labute approximate surface area is 65.0 Å². The molecule has 0 aromatic carbocycles.